The largest absolute Gasteiger partial charge is 0.339 e. The van der Waals surface area contributed by atoms with Crippen LogP contribution in [0.15, 0.2) is 4.52 Å². The molecule has 0 spiro atoms. The fourth-order valence-corrected chi connectivity index (χ4v) is 2.10. The molecule has 2 atom stereocenters. The third-order valence-electron chi connectivity index (χ3n) is 3.09. The summed E-state index contributed by atoms with van der Waals surface area (Å²) < 4.78 is 5.29. The van der Waals surface area contributed by atoms with E-state index in [9.17, 15) is 0 Å². The SMILES string of the molecule is CN(C)CCc1noc([C@@H]2CC[C@H](N)C2)n1. The lowest BCUT2D eigenvalue weighted by molar-refractivity contribution is 0.346. The second-order valence-corrected chi connectivity index (χ2v) is 4.87. The van der Waals surface area contributed by atoms with Crippen LogP contribution in [0.3, 0.4) is 0 Å². The van der Waals surface area contributed by atoms with E-state index >= 15 is 0 Å². The zero-order chi connectivity index (χ0) is 11.5. The number of nitrogens with zero attached hydrogens (tertiary/aromatic N) is 3. The molecule has 0 aromatic carbocycles. The molecule has 1 heterocycles. The van der Waals surface area contributed by atoms with Crippen molar-refractivity contribution < 1.29 is 4.52 Å². The van der Waals surface area contributed by atoms with E-state index in [-0.39, 0.29) is 0 Å². The molecule has 1 saturated carbocycles. The molecule has 1 aromatic heterocycles. The van der Waals surface area contributed by atoms with Crippen molar-refractivity contribution in [3.05, 3.63) is 11.7 Å². The van der Waals surface area contributed by atoms with Gasteiger partial charge in [-0.3, -0.25) is 0 Å². The third-order valence-corrected chi connectivity index (χ3v) is 3.09. The molecule has 5 heteroatoms. The van der Waals surface area contributed by atoms with Crippen LogP contribution >= 0.6 is 0 Å². The number of nitrogens with two attached hydrogens (primary N) is 1. The highest BCUT2D eigenvalue weighted by Gasteiger charge is 2.27. The normalized spacial score (nSPS) is 25.5. The molecule has 1 aliphatic rings. The van der Waals surface area contributed by atoms with Crippen molar-refractivity contribution >= 4 is 0 Å². The molecule has 0 aliphatic heterocycles. The summed E-state index contributed by atoms with van der Waals surface area (Å²) in [4.78, 5) is 6.55. The first-order valence-corrected chi connectivity index (χ1v) is 5.88. The van der Waals surface area contributed by atoms with Crippen LogP contribution < -0.4 is 5.73 Å². The third kappa shape index (κ3) is 2.80. The Kier molecular flexibility index (Phi) is 3.56. The highest BCUT2D eigenvalue weighted by Crippen LogP contribution is 2.32. The number of aromatic nitrogens is 2. The van der Waals surface area contributed by atoms with Crippen LogP contribution in [0.4, 0.5) is 0 Å². The number of rotatable bonds is 4. The molecule has 1 aromatic rings. The molecule has 2 N–H and O–H groups in total. The quantitative estimate of drug-likeness (QED) is 0.818. The van der Waals surface area contributed by atoms with E-state index < -0.39 is 0 Å². The fraction of sp³-hybridized carbons (Fsp3) is 0.818. The molecule has 16 heavy (non-hydrogen) atoms. The molecule has 1 fully saturated rings. The van der Waals surface area contributed by atoms with Gasteiger partial charge in [0.1, 0.15) is 0 Å². The Morgan fingerprint density at radius 2 is 2.25 bits per heavy atom. The van der Waals surface area contributed by atoms with Crippen LogP contribution in [-0.2, 0) is 6.42 Å². The summed E-state index contributed by atoms with van der Waals surface area (Å²) in [5.41, 5.74) is 5.87. The smallest absolute Gasteiger partial charge is 0.229 e. The average molecular weight is 224 g/mol. The van der Waals surface area contributed by atoms with E-state index in [4.69, 9.17) is 10.3 Å². The van der Waals surface area contributed by atoms with E-state index in [0.29, 0.717) is 12.0 Å². The van der Waals surface area contributed by atoms with Crippen molar-refractivity contribution in [3.63, 3.8) is 0 Å². The minimum atomic E-state index is 0.308. The number of likely N-dealkylation sites (N-methyl/N-ethyl adjacent to an activating group) is 1. The van der Waals surface area contributed by atoms with Crippen LogP contribution in [0.2, 0.25) is 0 Å². The second kappa shape index (κ2) is 4.93. The molecule has 0 unspecified atom stereocenters. The standard InChI is InChI=1S/C11H20N4O/c1-15(2)6-5-10-13-11(16-14-10)8-3-4-9(12)7-8/h8-9H,3-7,12H2,1-2H3/t8-,9+/m1/s1. The number of hydrogen-bond donors (Lipinski definition) is 1. The molecule has 90 valence electrons. The maximum atomic E-state index is 5.87. The Hall–Kier alpha value is -0.940. The maximum absolute atomic E-state index is 5.87. The van der Waals surface area contributed by atoms with E-state index in [1.165, 1.54) is 0 Å². The van der Waals surface area contributed by atoms with Gasteiger partial charge in [0.05, 0.1) is 0 Å². The van der Waals surface area contributed by atoms with Crippen LogP contribution in [0, 0.1) is 0 Å². The average Bonchev–Trinajstić information content (AvgIpc) is 2.83. The lowest BCUT2D eigenvalue weighted by atomic mass is 10.1. The van der Waals surface area contributed by atoms with E-state index in [1.807, 2.05) is 14.1 Å². The maximum Gasteiger partial charge on any atom is 0.229 e. The Morgan fingerprint density at radius 1 is 1.44 bits per heavy atom. The molecular formula is C11H20N4O. The van der Waals surface area contributed by atoms with Gasteiger partial charge in [-0.25, -0.2) is 0 Å². The van der Waals surface area contributed by atoms with Gasteiger partial charge in [0.2, 0.25) is 5.89 Å². The fourth-order valence-electron chi connectivity index (χ4n) is 2.10. The number of hydrogen-bond acceptors (Lipinski definition) is 5. The first kappa shape index (κ1) is 11.5. The van der Waals surface area contributed by atoms with Crippen molar-refractivity contribution in [1.29, 1.82) is 0 Å². The summed E-state index contributed by atoms with van der Waals surface area (Å²) in [5, 5.41) is 4.00. The molecule has 0 radical (unpaired) electrons. The molecule has 2 rings (SSSR count). The Bertz CT molecular complexity index is 336. The van der Waals surface area contributed by atoms with Crippen molar-refractivity contribution in [2.45, 2.75) is 37.6 Å². The van der Waals surface area contributed by atoms with Crippen LogP contribution in [-0.4, -0.2) is 41.7 Å². The summed E-state index contributed by atoms with van der Waals surface area (Å²) in [6.07, 6.45) is 3.97. The van der Waals surface area contributed by atoms with Crippen molar-refractivity contribution in [3.8, 4) is 0 Å². The Balaban J connectivity index is 1.91. The van der Waals surface area contributed by atoms with Gasteiger partial charge in [-0.15, -0.1) is 0 Å². The van der Waals surface area contributed by atoms with E-state index in [1.54, 1.807) is 0 Å². The van der Waals surface area contributed by atoms with Gasteiger partial charge >= 0.3 is 0 Å². The predicted octanol–water partition coefficient (Wildman–Crippen LogP) is 0.769. The summed E-state index contributed by atoms with van der Waals surface area (Å²) in [5.74, 6) is 1.97. The molecule has 0 bridgehead atoms. The Morgan fingerprint density at radius 3 is 2.88 bits per heavy atom. The molecule has 1 aliphatic carbocycles. The van der Waals surface area contributed by atoms with E-state index in [2.05, 4.69) is 15.0 Å². The van der Waals surface area contributed by atoms with Gasteiger partial charge in [-0.1, -0.05) is 5.16 Å². The lowest BCUT2D eigenvalue weighted by Gasteiger charge is -2.05. The first-order chi connectivity index (χ1) is 7.65. The lowest BCUT2D eigenvalue weighted by Crippen LogP contribution is -2.15. The molecular weight excluding hydrogens is 204 g/mol. The van der Waals surface area contributed by atoms with E-state index in [0.717, 1.165) is 43.9 Å². The van der Waals surface area contributed by atoms with Crippen LogP contribution in [0.25, 0.3) is 0 Å². The van der Waals surface area contributed by atoms with Gasteiger partial charge in [-0.2, -0.15) is 4.98 Å². The first-order valence-electron chi connectivity index (χ1n) is 5.88. The van der Waals surface area contributed by atoms with Crippen LogP contribution in [0.5, 0.6) is 0 Å². The summed E-state index contributed by atoms with van der Waals surface area (Å²) in [6, 6.07) is 0.308. The molecule has 0 saturated heterocycles. The predicted molar refractivity (Wildman–Crippen MR) is 61.1 cm³/mol. The van der Waals surface area contributed by atoms with Crippen molar-refractivity contribution in [2.75, 3.05) is 20.6 Å². The van der Waals surface area contributed by atoms with Crippen LogP contribution in [0.1, 0.15) is 36.9 Å². The van der Waals surface area contributed by atoms with Gasteiger partial charge in [-0.05, 0) is 33.4 Å². The highest BCUT2D eigenvalue weighted by molar-refractivity contribution is 4.99. The zero-order valence-electron chi connectivity index (χ0n) is 10.0. The van der Waals surface area contributed by atoms with Gasteiger partial charge in [0.15, 0.2) is 5.82 Å². The highest BCUT2D eigenvalue weighted by atomic mass is 16.5. The van der Waals surface area contributed by atoms with Gasteiger partial charge in [0, 0.05) is 24.9 Å². The minimum Gasteiger partial charge on any atom is -0.339 e. The minimum absolute atomic E-state index is 0.308. The monoisotopic (exact) mass is 224 g/mol. The van der Waals surface area contributed by atoms with Crippen molar-refractivity contribution in [1.82, 2.24) is 15.0 Å². The topological polar surface area (TPSA) is 68.2 Å². The zero-order valence-corrected chi connectivity index (χ0v) is 10.0. The Labute approximate surface area is 96.0 Å². The van der Waals surface area contributed by atoms with Gasteiger partial charge in [0.25, 0.3) is 0 Å². The van der Waals surface area contributed by atoms with Gasteiger partial charge < -0.3 is 15.2 Å². The summed E-state index contributed by atoms with van der Waals surface area (Å²) >= 11 is 0. The van der Waals surface area contributed by atoms with Crippen molar-refractivity contribution in [2.24, 2.45) is 5.73 Å². The molecule has 0 amide bonds. The second-order valence-electron chi connectivity index (χ2n) is 4.87. The summed E-state index contributed by atoms with van der Waals surface area (Å²) in [7, 11) is 4.08. The molecule has 5 nitrogen and oxygen atoms in total. The summed E-state index contributed by atoms with van der Waals surface area (Å²) in [6.45, 7) is 0.948.